The molecule has 124 valence electrons. The van der Waals surface area contributed by atoms with Crippen molar-refractivity contribution in [3.8, 4) is 5.75 Å². The lowest BCUT2D eigenvalue weighted by atomic mass is 10.2. The molecule has 0 aromatic heterocycles. The SMILES string of the molecule is O=C(NC(=S)Nc1ccc(OCCc2ccccc2)cc1)C1CC1. The van der Waals surface area contributed by atoms with Crippen molar-refractivity contribution in [1.82, 2.24) is 5.32 Å². The monoisotopic (exact) mass is 340 g/mol. The molecular formula is C19H20N2O2S. The second-order valence-electron chi connectivity index (χ2n) is 5.83. The topological polar surface area (TPSA) is 50.4 Å². The van der Waals surface area contributed by atoms with Crippen molar-refractivity contribution in [2.45, 2.75) is 19.3 Å². The maximum absolute atomic E-state index is 11.6. The van der Waals surface area contributed by atoms with Crippen LogP contribution in [0.4, 0.5) is 5.69 Å². The number of amides is 1. The predicted molar refractivity (Wildman–Crippen MR) is 99.2 cm³/mol. The fraction of sp³-hybridized carbons (Fsp3) is 0.263. The summed E-state index contributed by atoms with van der Waals surface area (Å²) in [6.07, 6.45) is 2.80. The molecule has 24 heavy (non-hydrogen) atoms. The van der Waals surface area contributed by atoms with Crippen LogP contribution in [0.3, 0.4) is 0 Å². The highest BCUT2D eigenvalue weighted by Gasteiger charge is 2.29. The first-order chi connectivity index (χ1) is 11.7. The van der Waals surface area contributed by atoms with E-state index in [1.165, 1.54) is 5.56 Å². The van der Waals surface area contributed by atoms with E-state index in [-0.39, 0.29) is 11.8 Å². The molecule has 2 aromatic rings. The highest BCUT2D eigenvalue weighted by Crippen LogP contribution is 2.28. The number of rotatable bonds is 6. The number of hydrogen-bond donors (Lipinski definition) is 2. The molecule has 0 unspecified atom stereocenters. The van der Waals surface area contributed by atoms with Crippen LogP contribution >= 0.6 is 12.2 Å². The average Bonchev–Trinajstić information content (AvgIpc) is 3.42. The van der Waals surface area contributed by atoms with Crippen LogP contribution in [0.15, 0.2) is 54.6 Å². The zero-order valence-electron chi connectivity index (χ0n) is 13.3. The van der Waals surface area contributed by atoms with E-state index in [0.717, 1.165) is 30.7 Å². The normalized spacial score (nSPS) is 13.2. The third-order valence-electron chi connectivity index (χ3n) is 3.80. The van der Waals surface area contributed by atoms with Gasteiger partial charge in [0.25, 0.3) is 0 Å². The van der Waals surface area contributed by atoms with E-state index in [4.69, 9.17) is 17.0 Å². The Bertz CT molecular complexity index is 697. The minimum absolute atomic E-state index is 0.00775. The number of benzene rings is 2. The van der Waals surface area contributed by atoms with Crippen LogP contribution in [0.25, 0.3) is 0 Å². The average molecular weight is 340 g/mol. The summed E-state index contributed by atoms with van der Waals surface area (Å²) < 4.78 is 5.74. The molecule has 0 spiro atoms. The molecule has 1 fully saturated rings. The molecule has 3 rings (SSSR count). The molecule has 0 heterocycles. The zero-order valence-corrected chi connectivity index (χ0v) is 14.1. The van der Waals surface area contributed by atoms with Crippen molar-refractivity contribution in [2.24, 2.45) is 5.92 Å². The molecule has 2 aromatic carbocycles. The largest absolute Gasteiger partial charge is 0.493 e. The van der Waals surface area contributed by atoms with E-state index in [0.29, 0.717) is 11.7 Å². The van der Waals surface area contributed by atoms with Crippen LogP contribution in [0.1, 0.15) is 18.4 Å². The Balaban J connectivity index is 1.42. The Hall–Kier alpha value is -2.40. The molecular weight excluding hydrogens is 320 g/mol. The molecule has 2 N–H and O–H groups in total. The van der Waals surface area contributed by atoms with Gasteiger partial charge >= 0.3 is 0 Å². The minimum Gasteiger partial charge on any atom is -0.493 e. The summed E-state index contributed by atoms with van der Waals surface area (Å²) in [7, 11) is 0. The first-order valence-corrected chi connectivity index (χ1v) is 8.50. The summed E-state index contributed by atoms with van der Waals surface area (Å²) in [6.45, 7) is 0.632. The molecule has 0 aliphatic heterocycles. The number of thiocarbonyl (C=S) groups is 1. The van der Waals surface area contributed by atoms with Crippen LogP contribution in [-0.4, -0.2) is 17.6 Å². The van der Waals surface area contributed by atoms with E-state index in [9.17, 15) is 4.79 Å². The van der Waals surface area contributed by atoms with Gasteiger partial charge in [-0.15, -0.1) is 0 Å². The lowest BCUT2D eigenvalue weighted by molar-refractivity contribution is -0.120. The zero-order chi connectivity index (χ0) is 16.8. The van der Waals surface area contributed by atoms with Crippen LogP contribution in [0.5, 0.6) is 5.75 Å². The van der Waals surface area contributed by atoms with Crippen molar-refractivity contribution in [3.05, 3.63) is 60.2 Å². The van der Waals surface area contributed by atoms with Crippen molar-refractivity contribution >= 4 is 28.9 Å². The molecule has 5 heteroatoms. The summed E-state index contributed by atoms with van der Waals surface area (Å²) in [6, 6.07) is 17.8. The molecule has 0 saturated heterocycles. The lowest BCUT2D eigenvalue weighted by Gasteiger charge is -2.10. The number of carbonyl (C=O) groups is 1. The molecule has 4 nitrogen and oxygen atoms in total. The highest BCUT2D eigenvalue weighted by molar-refractivity contribution is 7.80. The fourth-order valence-corrected chi connectivity index (χ4v) is 2.51. The number of nitrogens with one attached hydrogen (secondary N) is 2. The maximum Gasteiger partial charge on any atom is 0.229 e. The van der Waals surface area contributed by atoms with Gasteiger partial charge in [0, 0.05) is 18.0 Å². The van der Waals surface area contributed by atoms with E-state index >= 15 is 0 Å². The van der Waals surface area contributed by atoms with Crippen LogP contribution in [0.2, 0.25) is 0 Å². The third-order valence-corrected chi connectivity index (χ3v) is 4.00. The molecule has 1 amide bonds. The van der Waals surface area contributed by atoms with Gasteiger partial charge in [0.05, 0.1) is 6.61 Å². The molecule has 0 bridgehead atoms. The van der Waals surface area contributed by atoms with Crippen molar-refractivity contribution < 1.29 is 9.53 Å². The summed E-state index contributed by atoms with van der Waals surface area (Å²) in [4.78, 5) is 11.6. The van der Waals surface area contributed by atoms with E-state index in [2.05, 4.69) is 22.8 Å². The molecule has 0 atom stereocenters. The van der Waals surface area contributed by atoms with E-state index in [1.807, 2.05) is 42.5 Å². The Labute approximate surface area is 147 Å². The number of ether oxygens (including phenoxy) is 1. The Kier molecular flexibility index (Phi) is 5.43. The Morgan fingerprint density at radius 3 is 2.46 bits per heavy atom. The van der Waals surface area contributed by atoms with Gasteiger partial charge in [-0.05, 0) is 54.9 Å². The highest BCUT2D eigenvalue weighted by atomic mass is 32.1. The van der Waals surface area contributed by atoms with Crippen molar-refractivity contribution in [3.63, 3.8) is 0 Å². The van der Waals surface area contributed by atoms with E-state index in [1.54, 1.807) is 0 Å². The van der Waals surface area contributed by atoms with Gasteiger partial charge in [0.1, 0.15) is 5.75 Å². The standard InChI is InChI=1S/C19H20N2O2S/c22-18(15-6-7-15)21-19(24)20-16-8-10-17(11-9-16)23-13-12-14-4-2-1-3-5-14/h1-5,8-11,15H,6-7,12-13H2,(H2,20,21,22,24). The fourth-order valence-electron chi connectivity index (χ4n) is 2.29. The second-order valence-corrected chi connectivity index (χ2v) is 6.23. The summed E-state index contributed by atoms with van der Waals surface area (Å²) in [5.41, 5.74) is 2.08. The minimum atomic E-state index is 0.00775. The van der Waals surface area contributed by atoms with Crippen LogP contribution in [0, 0.1) is 5.92 Å². The summed E-state index contributed by atoms with van der Waals surface area (Å²) in [5, 5.41) is 6.05. The number of carbonyl (C=O) groups excluding carboxylic acids is 1. The van der Waals surface area contributed by atoms with Gasteiger partial charge in [0.2, 0.25) is 5.91 Å². The Morgan fingerprint density at radius 1 is 1.08 bits per heavy atom. The molecule has 1 aliphatic rings. The summed E-state index contributed by atoms with van der Waals surface area (Å²) >= 11 is 5.14. The van der Waals surface area contributed by atoms with Crippen LogP contribution in [-0.2, 0) is 11.2 Å². The molecule has 1 saturated carbocycles. The van der Waals surface area contributed by atoms with Gasteiger partial charge in [-0.1, -0.05) is 30.3 Å². The quantitative estimate of drug-likeness (QED) is 0.790. The first kappa shape index (κ1) is 16.5. The number of hydrogen-bond acceptors (Lipinski definition) is 3. The smallest absolute Gasteiger partial charge is 0.229 e. The van der Waals surface area contributed by atoms with Gasteiger partial charge < -0.3 is 15.4 Å². The van der Waals surface area contributed by atoms with Crippen LogP contribution < -0.4 is 15.4 Å². The lowest BCUT2D eigenvalue weighted by Crippen LogP contribution is -2.35. The van der Waals surface area contributed by atoms with Gasteiger partial charge in [-0.3, -0.25) is 4.79 Å². The Morgan fingerprint density at radius 2 is 1.79 bits per heavy atom. The molecule has 0 radical (unpaired) electrons. The third kappa shape index (κ3) is 5.06. The van der Waals surface area contributed by atoms with Gasteiger partial charge in [-0.25, -0.2) is 0 Å². The van der Waals surface area contributed by atoms with Gasteiger partial charge in [0.15, 0.2) is 5.11 Å². The predicted octanol–water partition coefficient (Wildman–Crippen LogP) is 3.53. The van der Waals surface area contributed by atoms with Gasteiger partial charge in [-0.2, -0.15) is 0 Å². The molecule has 1 aliphatic carbocycles. The van der Waals surface area contributed by atoms with Crippen molar-refractivity contribution in [2.75, 3.05) is 11.9 Å². The number of anilines is 1. The maximum atomic E-state index is 11.6. The first-order valence-electron chi connectivity index (χ1n) is 8.09. The second kappa shape index (κ2) is 7.93. The van der Waals surface area contributed by atoms with E-state index < -0.39 is 0 Å². The van der Waals surface area contributed by atoms with Crippen molar-refractivity contribution in [1.29, 1.82) is 0 Å². The summed E-state index contributed by atoms with van der Waals surface area (Å²) in [5.74, 6) is 0.961.